The molecule has 1 aromatic heterocycles. The molecule has 0 saturated heterocycles. The molecule has 4 heteroatoms. The molecule has 4 nitrogen and oxygen atoms in total. The molecule has 1 aromatic rings. The first-order valence-corrected chi connectivity index (χ1v) is 6.98. The van der Waals surface area contributed by atoms with Gasteiger partial charge in [-0.15, -0.1) is 0 Å². The average molecular weight is 253 g/mol. The van der Waals surface area contributed by atoms with Gasteiger partial charge in [0.05, 0.1) is 0 Å². The molecule has 1 unspecified atom stereocenters. The van der Waals surface area contributed by atoms with Gasteiger partial charge >= 0.3 is 5.69 Å². The smallest absolute Gasteiger partial charge is 0.312 e. The van der Waals surface area contributed by atoms with Gasteiger partial charge in [-0.05, 0) is 32.7 Å². The minimum absolute atomic E-state index is 0.0916. The summed E-state index contributed by atoms with van der Waals surface area (Å²) in [5.41, 5.74) is 0.0916. The summed E-state index contributed by atoms with van der Waals surface area (Å²) in [6.07, 6.45) is 4.89. The van der Waals surface area contributed by atoms with Crippen LogP contribution in [0.4, 0.5) is 0 Å². The van der Waals surface area contributed by atoms with Crippen LogP contribution < -0.4 is 11.0 Å². The zero-order chi connectivity index (χ0) is 13.7. The number of aromatic nitrogens is 2. The lowest BCUT2D eigenvalue weighted by molar-refractivity contribution is 0.350. The molecular formula is C14H27N3O. The standard InChI is InChI=1S/C14H27N3O/c1-6-7-15-13(11(2)3)10-16-8-9-17(12(4)5)14(16)18/h8-9,11-13,15H,6-7,10H2,1-5H3. The molecule has 0 fully saturated rings. The van der Waals surface area contributed by atoms with Gasteiger partial charge in [-0.2, -0.15) is 0 Å². The van der Waals surface area contributed by atoms with E-state index in [1.54, 1.807) is 4.57 Å². The van der Waals surface area contributed by atoms with Crippen molar-refractivity contribution in [2.45, 2.75) is 59.7 Å². The van der Waals surface area contributed by atoms with Crippen LogP contribution in [0, 0.1) is 5.92 Å². The third-order valence-electron chi connectivity index (χ3n) is 3.28. The van der Waals surface area contributed by atoms with E-state index >= 15 is 0 Å². The van der Waals surface area contributed by atoms with Gasteiger partial charge in [0, 0.05) is 31.0 Å². The highest BCUT2D eigenvalue weighted by Crippen LogP contribution is 2.05. The quantitative estimate of drug-likeness (QED) is 0.809. The first kappa shape index (κ1) is 15.0. The van der Waals surface area contributed by atoms with Crippen molar-refractivity contribution in [2.75, 3.05) is 6.54 Å². The first-order chi connectivity index (χ1) is 8.47. The van der Waals surface area contributed by atoms with Crippen molar-refractivity contribution in [3.05, 3.63) is 22.9 Å². The highest BCUT2D eigenvalue weighted by molar-refractivity contribution is 4.86. The molecule has 1 rings (SSSR count). The van der Waals surface area contributed by atoms with Gasteiger partial charge in [-0.25, -0.2) is 4.79 Å². The Balaban J connectivity index is 2.78. The van der Waals surface area contributed by atoms with Crippen molar-refractivity contribution in [1.29, 1.82) is 0 Å². The molecule has 0 radical (unpaired) electrons. The van der Waals surface area contributed by atoms with Crippen LogP contribution >= 0.6 is 0 Å². The molecule has 1 atom stereocenters. The van der Waals surface area contributed by atoms with Gasteiger partial charge in [-0.3, -0.25) is 9.13 Å². The molecule has 0 bridgehead atoms. The first-order valence-electron chi connectivity index (χ1n) is 6.98. The predicted octanol–water partition coefficient (Wildman–Crippen LogP) is 2.25. The Kier molecular flexibility index (Phi) is 5.66. The fraction of sp³-hybridized carbons (Fsp3) is 0.786. The molecule has 0 aliphatic heterocycles. The third-order valence-corrected chi connectivity index (χ3v) is 3.28. The molecule has 0 spiro atoms. The molecule has 0 aromatic carbocycles. The van der Waals surface area contributed by atoms with E-state index in [1.807, 2.05) is 30.8 Å². The number of rotatable bonds is 7. The summed E-state index contributed by atoms with van der Waals surface area (Å²) in [6, 6.07) is 0.575. The zero-order valence-electron chi connectivity index (χ0n) is 12.3. The number of nitrogens with one attached hydrogen (secondary N) is 1. The fourth-order valence-corrected chi connectivity index (χ4v) is 2.01. The van der Waals surface area contributed by atoms with Gasteiger partial charge in [0.15, 0.2) is 0 Å². The number of nitrogens with zero attached hydrogens (tertiary/aromatic N) is 2. The molecule has 0 amide bonds. The molecular weight excluding hydrogens is 226 g/mol. The summed E-state index contributed by atoms with van der Waals surface area (Å²) in [7, 11) is 0. The Bertz CT molecular complexity index is 403. The molecule has 104 valence electrons. The van der Waals surface area contributed by atoms with Crippen LogP contribution in [0.25, 0.3) is 0 Å². The predicted molar refractivity (Wildman–Crippen MR) is 76.0 cm³/mol. The van der Waals surface area contributed by atoms with E-state index in [-0.39, 0.29) is 11.7 Å². The highest BCUT2D eigenvalue weighted by atomic mass is 16.1. The largest absolute Gasteiger partial charge is 0.328 e. The minimum Gasteiger partial charge on any atom is -0.312 e. The van der Waals surface area contributed by atoms with Crippen LogP contribution in [0.3, 0.4) is 0 Å². The van der Waals surface area contributed by atoms with Crippen LogP contribution in [0.1, 0.15) is 47.1 Å². The summed E-state index contributed by atoms with van der Waals surface area (Å²) >= 11 is 0. The molecule has 18 heavy (non-hydrogen) atoms. The van der Waals surface area contributed by atoms with Crippen molar-refractivity contribution in [1.82, 2.24) is 14.5 Å². The van der Waals surface area contributed by atoms with Crippen molar-refractivity contribution in [3.8, 4) is 0 Å². The van der Waals surface area contributed by atoms with Crippen LogP contribution in [0.2, 0.25) is 0 Å². The van der Waals surface area contributed by atoms with Gasteiger partial charge in [0.25, 0.3) is 0 Å². The van der Waals surface area contributed by atoms with Gasteiger partial charge < -0.3 is 5.32 Å². The Morgan fingerprint density at radius 1 is 1.22 bits per heavy atom. The summed E-state index contributed by atoms with van der Waals surface area (Å²) < 4.78 is 3.59. The SMILES string of the molecule is CCCNC(Cn1ccn(C(C)C)c1=O)C(C)C. The molecule has 0 aliphatic carbocycles. The summed E-state index contributed by atoms with van der Waals surface area (Å²) in [5.74, 6) is 0.519. The minimum atomic E-state index is 0.0916. The highest BCUT2D eigenvalue weighted by Gasteiger charge is 2.15. The van der Waals surface area contributed by atoms with Crippen LogP contribution in [-0.4, -0.2) is 21.7 Å². The maximum atomic E-state index is 12.1. The Hall–Kier alpha value is -1.03. The second-order valence-corrected chi connectivity index (χ2v) is 5.54. The fourth-order valence-electron chi connectivity index (χ4n) is 2.01. The van der Waals surface area contributed by atoms with E-state index in [1.165, 1.54) is 0 Å². The van der Waals surface area contributed by atoms with E-state index < -0.39 is 0 Å². The number of hydrogen-bond donors (Lipinski definition) is 1. The Morgan fingerprint density at radius 2 is 1.89 bits per heavy atom. The van der Waals surface area contributed by atoms with Crippen LogP contribution in [-0.2, 0) is 6.54 Å². The normalized spacial score (nSPS) is 13.5. The second-order valence-electron chi connectivity index (χ2n) is 5.54. The molecule has 1 heterocycles. The van der Waals surface area contributed by atoms with Crippen molar-refractivity contribution >= 4 is 0 Å². The lowest BCUT2D eigenvalue weighted by atomic mass is 10.0. The van der Waals surface area contributed by atoms with Gasteiger partial charge in [0.1, 0.15) is 0 Å². The maximum absolute atomic E-state index is 12.1. The Morgan fingerprint density at radius 3 is 2.33 bits per heavy atom. The molecule has 0 saturated carbocycles. The van der Waals surface area contributed by atoms with Gasteiger partial charge in [0.2, 0.25) is 0 Å². The summed E-state index contributed by atoms with van der Waals surface area (Å²) in [5, 5.41) is 3.51. The topological polar surface area (TPSA) is 39.0 Å². The second kappa shape index (κ2) is 6.78. The van der Waals surface area contributed by atoms with Crippen molar-refractivity contribution in [3.63, 3.8) is 0 Å². The maximum Gasteiger partial charge on any atom is 0.328 e. The lowest BCUT2D eigenvalue weighted by Gasteiger charge is -2.22. The van der Waals surface area contributed by atoms with E-state index in [0.717, 1.165) is 19.5 Å². The van der Waals surface area contributed by atoms with E-state index in [2.05, 4.69) is 26.1 Å². The van der Waals surface area contributed by atoms with E-state index in [9.17, 15) is 4.79 Å². The van der Waals surface area contributed by atoms with Crippen molar-refractivity contribution < 1.29 is 0 Å². The lowest BCUT2D eigenvalue weighted by Crippen LogP contribution is -2.40. The van der Waals surface area contributed by atoms with E-state index in [0.29, 0.717) is 12.0 Å². The van der Waals surface area contributed by atoms with Gasteiger partial charge in [-0.1, -0.05) is 20.8 Å². The van der Waals surface area contributed by atoms with Crippen molar-refractivity contribution in [2.24, 2.45) is 5.92 Å². The summed E-state index contributed by atoms with van der Waals surface area (Å²) in [6.45, 7) is 12.3. The summed E-state index contributed by atoms with van der Waals surface area (Å²) in [4.78, 5) is 12.1. The molecule has 0 aliphatic rings. The van der Waals surface area contributed by atoms with E-state index in [4.69, 9.17) is 0 Å². The monoisotopic (exact) mass is 253 g/mol. The third kappa shape index (κ3) is 3.73. The zero-order valence-corrected chi connectivity index (χ0v) is 12.3. The molecule has 1 N–H and O–H groups in total. The average Bonchev–Trinajstić information content (AvgIpc) is 2.65. The Labute approximate surface area is 110 Å². The van der Waals surface area contributed by atoms with Crippen LogP contribution in [0.15, 0.2) is 17.2 Å². The number of imidazole rings is 1. The number of hydrogen-bond acceptors (Lipinski definition) is 2. The van der Waals surface area contributed by atoms with Crippen LogP contribution in [0.5, 0.6) is 0 Å².